The van der Waals surface area contributed by atoms with Gasteiger partial charge in [-0.3, -0.25) is 4.79 Å². The highest BCUT2D eigenvalue weighted by atomic mass is 79.9. The van der Waals surface area contributed by atoms with Gasteiger partial charge in [-0.2, -0.15) is 0 Å². The molecule has 0 aromatic heterocycles. The molecule has 1 heterocycles. The van der Waals surface area contributed by atoms with E-state index in [-0.39, 0.29) is 10.2 Å². The van der Waals surface area contributed by atoms with Gasteiger partial charge in [-0.05, 0) is 49.9 Å². The van der Waals surface area contributed by atoms with Crippen LogP contribution < -0.4 is 4.74 Å². The maximum absolute atomic E-state index is 12.2. The minimum absolute atomic E-state index is 0.142. The molecule has 0 spiro atoms. The first-order valence-electron chi connectivity index (χ1n) is 6.87. The number of alkyl halides is 1. The molecule has 1 aliphatic heterocycles. The van der Waals surface area contributed by atoms with Gasteiger partial charge in [0.25, 0.3) is 5.91 Å². The number of halogens is 1. The van der Waals surface area contributed by atoms with Crippen molar-refractivity contribution in [3.63, 3.8) is 0 Å². The van der Waals surface area contributed by atoms with E-state index >= 15 is 0 Å². The Labute approximate surface area is 122 Å². The smallest absolute Gasteiger partial charge is 0.253 e. The number of hydrogen-bond donors (Lipinski definition) is 0. The Hall–Kier alpha value is -1.03. The van der Waals surface area contributed by atoms with E-state index in [0.717, 1.165) is 37.2 Å². The Morgan fingerprint density at radius 2 is 1.84 bits per heavy atom. The summed E-state index contributed by atoms with van der Waals surface area (Å²) < 4.78 is 5.93. The lowest BCUT2D eigenvalue weighted by Gasteiger charge is -2.15. The number of rotatable bonds is 4. The number of likely N-dealkylation sites (tertiary alicyclic amines) is 1. The summed E-state index contributed by atoms with van der Waals surface area (Å²) in [6.45, 7) is 2.48. The third-order valence-electron chi connectivity index (χ3n) is 3.78. The summed E-state index contributed by atoms with van der Waals surface area (Å²) in [5.41, 5.74) is 0.759. The van der Waals surface area contributed by atoms with E-state index < -0.39 is 0 Å². The Morgan fingerprint density at radius 3 is 2.42 bits per heavy atom. The molecule has 1 saturated carbocycles. The normalized spacial score (nSPS) is 20.4. The van der Waals surface area contributed by atoms with Crippen LogP contribution in [0.2, 0.25) is 0 Å². The molecule has 102 valence electrons. The van der Waals surface area contributed by atoms with Crippen LogP contribution in [0.3, 0.4) is 0 Å². The quantitative estimate of drug-likeness (QED) is 0.796. The predicted molar refractivity (Wildman–Crippen MR) is 78.0 cm³/mol. The second kappa shape index (κ2) is 5.16. The van der Waals surface area contributed by atoms with Gasteiger partial charge in [-0.1, -0.05) is 15.9 Å². The molecule has 0 bridgehead atoms. The first-order valence-corrected chi connectivity index (χ1v) is 7.67. The summed E-state index contributed by atoms with van der Waals surface area (Å²) in [7, 11) is 0. The molecule has 2 fully saturated rings. The monoisotopic (exact) mass is 323 g/mol. The van der Waals surface area contributed by atoms with Crippen LogP contribution in [0.1, 0.15) is 36.0 Å². The minimum atomic E-state index is 0.142. The van der Waals surface area contributed by atoms with E-state index in [1.54, 1.807) is 0 Å². The van der Waals surface area contributed by atoms with Crippen LogP contribution in [-0.4, -0.2) is 34.8 Å². The highest BCUT2D eigenvalue weighted by molar-refractivity contribution is 9.10. The Balaban J connectivity index is 1.59. The van der Waals surface area contributed by atoms with Crippen molar-refractivity contribution in [3.05, 3.63) is 29.8 Å². The fourth-order valence-electron chi connectivity index (χ4n) is 2.29. The van der Waals surface area contributed by atoms with E-state index in [1.165, 1.54) is 12.8 Å². The van der Waals surface area contributed by atoms with E-state index in [1.807, 2.05) is 29.2 Å². The number of ether oxygens (including phenoxy) is 1. The van der Waals surface area contributed by atoms with Gasteiger partial charge >= 0.3 is 0 Å². The van der Waals surface area contributed by atoms with Crippen molar-refractivity contribution in [1.29, 1.82) is 0 Å². The summed E-state index contributed by atoms with van der Waals surface area (Å²) in [5, 5.41) is 0. The first-order chi connectivity index (χ1) is 9.16. The summed E-state index contributed by atoms with van der Waals surface area (Å²) >= 11 is 3.64. The predicted octanol–water partition coefficient (Wildman–Crippen LogP) is 3.23. The molecule has 2 aliphatic rings. The molecule has 0 N–H and O–H groups in total. The van der Waals surface area contributed by atoms with Gasteiger partial charge < -0.3 is 9.64 Å². The lowest BCUT2D eigenvalue weighted by Crippen LogP contribution is -2.27. The van der Waals surface area contributed by atoms with Gasteiger partial charge in [0.2, 0.25) is 0 Å². The van der Waals surface area contributed by atoms with Gasteiger partial charge in [0, 0.05) is 18.7 Å². The molecule has 1 aromatic carbocycles. The van der Waals surface area contributed by atoms with E-state index in [9.17, 15) is 4.79 Å². The van der Waals surface area contributed by atoms with E-state index in [0.29, 0.717) is 6.61 Å². The van der Waals surface area contributed by atoms with Crippen molar-refractivity contribution in [2.45, 2.75) is 30.0 Å². The number of carbonyl (C=O) groups excluding carboxylic acids is 1. The van der Waals surface area contributed by atoms with Crippen LogP contribution in [0.25, 0.3) is 0 Å². The van der Waals surface area contributed by atoms with Gasteiger partial charge in [0.05, 0.1) is 4.32 Å². The third kappa shape index (κ3) is 3.11. The van der Waals surface area contributed by atoms with Crippen LogP contribution in [-0.2, 0) is 0 Å². The third-order valence-corrected chi connectivity index (χ3v) is 4.81. The van der Waals surface area contributed by atoms with Crippen molar-refractivity contribution >= 4 is 21.8 Å². The standard InChI is InChI=1S/C15H18BrNO2/c16-15(7-8-15)11-19-13-5-3-12(4-6-13)14(18)17-9-1-2-10-17/h3-6H,1-2,7-11H2. The zero-order valence-electron chi connectivity index (χ0n) is 10.9. The topological polar surface area (TPSA) is 29.5 Å². The molecular formula is C15H18BrNO2. The van der Waals surface area contributed by atoms with Gasteiger partial charge in [-0.25, -0.2) is 0 Å². The average molecular weight is 324 g/mol. The number of nitrogens with zero attached hydrogens (tertiary/aromatic N) is 1. The maximum Gasteiger partial charge on any atom is 0.253 e. The highest BCUT2D eigenvalue weighted by Gasteiger charge is 2.40. The zero-order chi connectivity index (χ0) is 13.3. The van der Waals surface area contributed by atoms with Crippen LogP contribution in [0.5, 0.6) is 5.75 Å². The largest absolute Gasteiger partial charge is 0.492 e. The van der Waals surface area contributed by atoms with Crippen molar-refractivity contribution in [2.75, 3.05) is 19.7 Å². The minimum Gasteiger partial charge on any atom is -0.492 e. The van der Waals surface area contributed by atoms with Gasteiger partial charge in [-0.15, -0.1) is 0 Å². The molecule has 4 heteroatoms. The second-order valence-corrected chi connectivity index (χ2v) is 7.15. The molecule has 0 unspecified atom stereocenters. The molecule has 0 atom stereocenters. The second-order valence-electron chi connectivity index (χ2n) is 5.46. The molecule has 19 heavy (non-hydrogen) atoms. The lowest BCUT2D eigenvalue weighted by molar-refractivity contribution is 0.0793. The van der Waals surface area contributed by atoms with Crippen LogP contribution in [0.15, 0.2) is 24.3 Å². The summed E-state index contributed by atoms with van der Waals surface area (Å²) in [4.78, 5) is 14.1. The molecule has 0 radical (unpaired) electrons. The fourth-order valence-corrected chi connectivity index (χ4v) is 2.60. The number of hydrogen-bond acceptors (Lipinski definition) is 2. The van der Waals surface area contributed by atoms with E-state index in [2.05, 4.69) is 15.9 Å². The number of benzene rings is 1. The summed E-state index contributed by atoms with van der Waals surface area (Å²) in [5.74, 6) is 0.979. The molecule has 1 aliphatic carbocycles. The van der Waals surface area contributed by atoms with Crippen LogP contribution >= 0.6 is 15.9 Å². The molecule has 1 saturated heterocycles. The van der Waals surface area contributed by atoms with Crippen LogP contribution in [0.4, 0.5) is 0 Å². The number of amides is 1. The van der Waals surface area contributed by atoms with Gasteiger partial charge in [0.1, 0.15) is 12.4 Å². The maximum atomic E-state index is 12.2. The fraction of sp³-hybridized carbons (Fsp3) is 0.533. The summed E-state index contributed by atoms with van der Waals surface area (Å²) in [6.07, 6.45) is 4.61. The number of carbonyl (C=O) groups is 1. The van der Waals surface area contributed by atoms with Crippen molar-refractivity contribution in [2.24, 2.45) is 0 Å². The molecule has 1 amide bonds. The highest BCUT2D eigenvalue weighted by Crippen LogP contribution is 2.44. The Morgan fingerprint density at radius 1 is 1.21 bits per heavy atom. The molecular weight excluding hydrogens is 306 g/mol. The van der Waals surface area contributed by atoms with Crippen molar-refractivity contribution in [3.8, 4) is 5.75 Å². The van der Waals surface area contributed by atoms with E-state index in [4.69, 9.17) is 4.74 Å². The zero-order valence-corrected chi connectivity index (χ0v) is 12.5. The molecule has 3 nitrogen and oxygen atoms in total. The van der Waals surface area contributed by atoms with Crippen molar-refractivity contribution < 1.29 is 9.53 Å². The lowest BCUT2D eigenvalue weighted by atomic mass is 10.2. The van der Waals surface area contributed by atoms with Crippen LogP contribution in [0, 0.1) is 0 Å². The molecule has 1 aromatic rings. The van der Waals surface area contributed by atoms with Crippen molar-refractivity contribution in [1.82, 2.24) is 4.90 Å². The Bertz CT molecular complexity index is 462. The Kier molecular flexibility index (Phi) is 3.52. The van der Waals surface area contributed by atoms with Gasteiger partial charge in [0.15, 0.2) is 0 Å². The SMILES string of the molecule is O=C(c1ccc(OCC2(Br)CC2)cc1)N1CCCC1. The average Bonchev–Trinajstić information content (AvgIpc) is 2.95. The first kappa shape index (κ1) is 13.0. The molecule has 3 rings (SSSR count). The summed E-state index contributed by atoms with van der Waals surface area (Å²) in [6, 6.07) is 7.51.